The summed E-state index contributed by atoms with van der Waals surface area (Å²) >= 11 is 0. The predicted molar refractivity (Wildman–Crippen MR) is 75.1 cm³/mol. The number of hydrogen-bond acceptors (Lipinski definition) is 5. The van der Waals surface area contributed by atoms with Gasteiger partial charge in [-0.1, -0.05) is 0 Å². The van der Waals surface area contributed by atoms with Gasteiger partial charge in [-0.3, -0.25) is 19.8 Å². The van der Waals surface area contributed by atoms with Crippen LogP contribution in [0.4, 0.5) is 11.4 Å². The average molecular weight is 275 g/mol. The van der Waals surface area contributed by atoms with Crippen LogP contribution in [-0.4, -0.2) is 41.3 Å². The predicted octanol–water partition coefficient (Wildman–Crippen LogP) is 2.06. The maximum absolute atomic E-state index is 11.1. The lowest BCUT2D eigenvalue weighted by Gasteiger charge is -2.16. The van der Waals surface area contributed by atoms with Gasteiger partial charge < -0.3 is 5.32 Å². The van der Waals surface area contributed by atoms with E-state index in [1.807, 2.05) is 0 Å². The number of hydrogen-bond donors (Lipinski definition) is 1. The molecule has 0 spiro atoms. The molecule has 0 amide bonds. The van der Waals surface area contributed by atoms with Crippen molar-refractivity contribution in [1.82, 2.24) is 4.90 Å². The molecule has 20 heavy (non-hydrogen) atoms. The number of aldehydes is 1. The molecule has 1 atom stereocenters. The van der Waals surface area contributed by atoms with Gasteiger partial charge in [0, 0.05) is 36.8 Å². The van der Waals surface area contributed by atoms with E-state index in [9.17, 15) is 14.9 Å². The van der Waals surface area contributed by atoms with Crippen molar-refractivity contribution < 1.29 is 9.72 Å². The average Bonchev–Trinajstić information content (AvgIpc) is 3.20. The monoisotopic (exact) mass is 275 g/mol. The summed E-state index contributed by atoms with van der Waals surface area (Å²) < 4.78 is 0. The highest BCUT2D eigenvalue weighted by atomic mass is 16.6. The first-order valence-electron chi connectivity index (χ1n) is 6.91. The van der Waals surface area contributed by atoms with E-state index in [1.54, 1.807) is 12.1 Å². The van der Waals surface area contributed by atoms with Crippen LogP contribution in [0.2, 0.25) is 0 Å². The van der Waals surface area contributed by atoms with Gasteiger partial charge in [0.15, 0.2) is 0 Å². The molecule has 0 aromatic heterocycles. The molecule has 0 radical (unpaired) electrons. The number of carbonyl (C=O) groups excluding carboxylic acids is 1. The van der Waals surface area contributed by atoms with Crippen LogP contribution in [0, 0.1) is 10.1 Å². The van der Waals surface area contributed by atoms with Crippen LogP contribution >= 0.6 is 0 Å². The Kier molecular flexibility index (Phi) is 3.40. The number of benzene rings is 1. The van der Waals surface area contributed by atoms with Crippen molar-refractivity contribution in [3.63, 3.8) is 0 Å². The van der Waals surface area contributed by atoms with Crippen LogP contribution in [0.15, 0.2) is 18.2 Å². The van der Waals surface area contributed by atoms with Crippen molar-refractivity contribution in [3.05, 3.63) is 33.9 Å². The molecule has 1 aliphatic carbocycles. The van der Waals surface area contributed by atoms with Crippen LogP contribution in [0.1, 0.15) is 29.6 Å². The smallest absolute Gasteiger partial charge is 0.293 e. The largest absolute Gasteiger partial charge is 0.375 e. The summed E-state index contributed by atoms with van der Waals surface area (Å²) in [6.07, 6.45) is 4.19. The molecule has 0 bridgehead atoms. The van der Waals surface area contributed by atoms with Gasteiger partial charge in [0.25, 0.3) is 5.69 Å². The van der Waals surface area contributed by atoms with E-state index in [0.717, 1.165) is 25.6 Å². The quantitative estimate of drug-likeness (QED) is 0.505. The van der Waals surface area contributed by atoms with Gasteiger partial charge >= 0.3 is 0 Å². The molecule has 6 nitrogen and oxygen atoms in total. The molecule has 1 aliphatic heterocycles. The zero-order chi connectivity index (χ0) is 14.1. The Hall–Kier alpha value is -1.95. The third-order valence-electron chi connectivity index (χ3n) is 4.00. The summed E-state index contributed by atoms with van der Waals surface area (Å²) in [5.74, 6) is 0. The number of rotatable bonds is 5. The van der Waals surface area contributed by atoms with E-state index in [0.29, 0.717) is 17.5 Å². The summed E-state index contributed by atoms with van der Waals surface area (Å²) in [6, 6.07) is 5.53. The zero-order valence-corrected chi connectivity index (χ0v) is 11.1. The van der Waals surface area contributed by atoms with E-state index >= 15 is 0 Å². The Labute approximate surface area is 116 Å². The lowest BCUT2D eigenvalue weighted by atomic mass is 10.1. The molecule has 1 saturated heterocycles. The Morgan fingerprint density at radius 3 is 2.80 bits per heavy atom. The Morgan fingerprint density at radius 2 is 2.15 bits per heavy atom. The number of nitrogens with one attached hydrogen (secondary N) is 1. The fraction of sp³-hybridized carbons (Fsp3) is 0.500. The molecule has 106 valence electrons. The van der Waals surface area contributed by atoms with E-state index in [4.69, 9.17) is 0 Å². The van der Waals surface area contributed by atoms with Crippen LogP contribution in [0.3, 0.4) is 0 Å². The van der Waals surface area contributed by atoms with Crippen molar-refractivity contribution in [3.8, 4) is 0 Å². The number of nitro benzene ring substituents is 1. The van der Waals surface area contributed by atoms with Crippen LogP contribution in [0.5, 0.6) is 0 Å². The van der Waals surface area contributed by atoms with Crippen molar-refractivity contribution in [1.29, 1.82) is 0 Å². The van der Waals surface area contributed by atoms with Crippen molar-refractivity contribution >= 4 is 17.7 Å². The highest BCUT2D eigenvalue weighted by Gasteiger charge is 2.34. The SMILES string of the molecule is O=Cc1ccc(NC2CCN(C3CC3)C2)c([N+](=O)[O-])c1. The maximum Gasteiger partial charge on any atom is 0.293 e. The number of likely N-dealkylation sites (tertiary alicyclic amines) is 1. The summed E-state index contributed by atoms with van der Waals surface area (Å²) in [6.45, 7) is 2.00. The van der Waals surface area contributed by atoms with E-state index in [1.165, 1.54) is 18.9 Å². The third kappa shape index (κ3) is 2.65. The molecule has 1 aromatic carbocycles. The lowest BCUT2D eigenvalue weighted by Crippen LogP contribution is -2.27. The van der Waals surface area contributed by atoms with Gasteiger partial charge in [-0.15, -0.1) is 0 Å². The normalized spacial score (nSPS) is 22.7. The Balaban J connectivity index is 1.73. The molecule has 1 unspecified atom stereocenters. The van der Waals surface area contributed by atoms with Gasteiger partial charge in [0.1, 0.15) is 12.0 Å². The second kappa shape index (κ2) is 5.20. The lowest BCUT2D eigenvalue weighted by molar-refractivity contribution is -0.384. The topological polar surface area (TPSA) is 75.5 Å². The summed E-state index contributed by atoms with van der Waals surface area (Å²) in [7, 11) is 0. The minimum atomic E-state index is -0.442. The van der Waals surface area contributed by atoms with Crippen LogP contribution in [-0.2, 0) is 0 Å². The molecular weight excluding hydrogens is 258 g/mol. The summed E-state index contributed by atoms with van der Waals surface area (Å²) in [4.78, 5) is 23.8. The molecule has 3 rings (SSSR count). The van der Waals surface area contributed by atoms with Crippen molar-refractivity contribution in [2.24, 2.45) is 0 Å². The minimum absolute atomic E-state index is 0.0283. The van der Waals surface area contributed by atoms with E-state index in [2.05, 4.69) is 10.2 Å². The third-order valence-corrected chi connectivity index (χ3v) is 4.00. The second-order valence-electron chi connectivity index (χ2n) is 5.51. The molecule has 1 saturated carbocycles. The van der Waals surface area contributed by atoms with Crippen LogP contribution in [0.25, 0.3) is 0 Å². The highest BCUT2D eigenvalue weighted by Crippen LogP contribution is 2.32. The first-order valence-corrected chi connectivity index (χ1v) is 6.91. The molecule has 2 aliphatic rings. The number of nitro groups is 1. The molecule has 1 heterocycles. The molecular formula is C14H17N3O3. The number of nitrogens with zero attached hydrogens (tertiary/aromatic N) is 2. The Morgan fingerprint density at radius 1 is 1.35 bits per heavy atom. The molecule has 2 fully saturated rings. The molecule has 6 heteroatoms. The minimum Gasteiger partial charge on any atom is -0.375 e. The zero-order valence-electron chi connectivity index (χ0n) is 11.1. The molecule has 1 aromatic rings. The Bertz CT molecular complexity index is 542. The van der Waals surface area contributed by atoms with Crippen molar-refractivity contribution in [2.75, 3.05) is 18.4 Å². The van der Waals surface area contributed by atoms with E-state index in [-0.39, 0.29) is 11.7 Å². The number of anilines is 1. The molecule has 1 N–H and O–H groups in total. The maximum atomic E-state index is 11.1. The fourth-order valence-electron chi connectivity index (χ4n) is 2.79. The van der Waals surface area contributed by atoms with Gasteiger partial charge in [-0.2, -0.15) is 0 Å². The fourth-order valence-corrected chi connectivity index (χ4v) is 2.79. The van der Waals surface area contributed by atoms with Gasteiger partial charge in [-0.05, 0) is 31.4 Å². The van der Waals surface area contributed by atoms with Gasteiger partial charge in [0.05, 0.1) is 4.92 Å². The first kappa shape index (κ1) is 13.1. The van der Waals surface area contributed by atoms with Crippen molar-refractivity contribution in [2.45, 2.75) is 31.3 Å². The summed E-state index contributed by atoms with van der Waals surface area (Å²) in [5, 5.41) is 14.3. The van der Waals surface area contributed by atoms with Gasteiger partial charge in [-0.25, -0.2) is 0 Å². The van der Waals surface area contributed by atoms with Crippen LogP contribution < -0.4 is 5.32 Å². The standard InChI is InChI=1S/C14H17N3O3/c18-9-10-1-4-13(14(7-10)17(19)20)15-11-5-6-16(8-11)12-2-3-12/h1,4,7,9,11-12,15H,2-3,5-6,8H2. The van der Waals surface area contributed by atoms with E-state index < -0.39 is 4.92 Å². The van der Waals surface area contributed by atoms with Gasteiger partial charge in [0.2, 0.25) is 0 Å². The first-order chi connectivity index (χ1) is 9.67. The number of carbonyl (C=O) groups is 1. The summed E-state index contributed by atoms with van der Waals surface area (Å²) in [5.41, 5.74) is 0.802. The highest BCUT2D eigenvalue weighted by molar-refractivity contribution is 5.79. The second-order valence-corrected chi connectivity index (χ2v) is 5.51.